The summed E-state index contributed by atoms with van der Waals surface area (Å²) in [6.07, 6.45) is -4.22. The molecule has 1 amide bonds. The van der Waals surface area contributed by atoms with Crippen molar-refractivity contribution in [1.82, 2.24) is 5.32 Å². The molecule has 0 aliphatic rings. The van der Waals surface area contributed by atoms with E-state index in [4.69, 9.17) is 9.68 Å². The predicted octanol–water partition coefficient (Wildman–Crippen LogP) is 6.49. The van der Waals surface area contributed by atoms with Crippen LogP contribution in [0.25, 0.3) is 22.1 Å². The molecule has 0 atom stereocenters. The molecule has 4 rings (SSSR count). The van der Waals surface area contributed by atoms with Crippen LogP contribution in [0.4, 0.5) is 17.6 Å². The van der Waals surface area contributed by atoms with Crippen LogP contribution in [0.3, 0.4) is 0 Å². The summed E-state index contributed by atoms with van der Waals surface area (Å²) in [6, 6.07) is 17.8. The van der Waals surface area contributed by atoms with Gasteiger partial charge >= 0.3 is 6.18 Å². The number of nitrogens with one attached hydrogen (secondary N) is 1. The van der Waals surface area contributed by atoms with E-state index in [1.807, 2.05) is 6.07 Å². The van der Waals surface area contributed by atoms with Crippen LogP contribution >= 0.6 is 0 Å². The third kappa shape index (κ3) is 4.94. The number of carbonyl (C=O) groups excluding carboxylic acids is 1. The number of halogens is 4. The first kappa shape index (κ1) is 23.1. The van der Waals surface area contributed by atoms with E-state index in [1.54, 1.807) is 30.3 Å². The lowest BCUT2D eigenvalue weighted by molar-refractivity contribution is -0.137. The summed E-state index contributed by atoms with van der Waals surface area (Å²) in [5.74, 6) is -0.561. The highest BCUT2D eigenvalue weighted by Gasteiger charge is 2.30. The lowest BCUT2D eigenvalue weighted by Crippen LogP contribution is -2.24. The van der Waals surface area contributed by atoms with Gasteiger partial charge in [0.15, 0.2) is 0 Å². The quantitative estimate of drug-likeness (QED) is 0.261. The van der Waals surface area contributed by atoms with Crippen molar-refractivity contribution in [1.29, 1.82) is 5.26 Å². The normalized spacial score (nSPS) is 11.4. The summed E-state index contributed by atoms with van der Waals surface area (Å²) < 4.78 is 59.5. The zero-order valence-corrected chi connectivity index (χ0v) is 17.7. The number of rotatable bonds is 6. The van der Waals surface area contributed by atoms with E-state index in [-0.39, 0.29) is 36.3 Å². The average molecular weight is 466 g/mol. The Balaban J connectivity index is 1.68. The Morgan fingerprint density at radius 1 is 1.03 bits per heavy atom. The minimum Gasteiger partial charge on any atom is -0.460 e. The van der Waals surface area contributed by atoms with E-state index in [1.165, 1.54) is 24.3 Å². The Hall–Kier alpha value is -4.12. The van der Waals surface area contributed by atoms with E-state index < -0.39 is 17.6 Å². The van der Waals surface area contributed by atoms with E-state index in [0.717, 1.165) is 12.1 Å². The minimum atomic E-state index is -4.46. The second kappa shape index (κ2) is 9.40. The van der Waals surface area contributed by atoms with Gasteiger partial charge in [-0.15, -0.1) is 0 Å². The van der Waals surface area contributed by atoms with Crippen molar-refractivity contribution in [2.75, 3.05) is 6.54 Å². The molecule has 8 heteroatoms. The Labute approximate surface area is 192 Å². The third-order valence-electron chi connectivity index (χ3n) is 5.27. The summed E-state index contributed by atoms with van der Waals surface area (Å²) in [6.45, 7) is 0.220. The maximum Gasteiger partial charge on any atom is 0.416 e. The number of nitriles is 1. The second-order valence-electron chi connectivity index (χ2n) is 7.67. The Morgan fingerprint density at radius 2 is 1.82 bits per heavy atom. The standard InChI is InChI=1S/C26H18F4N2O2/c27-23-9-8-21(17-5-2-6-18(14-17)25(33)32-11-3-10-31)24-22(23)15-20(34-24)13-16-4-1-7-19(12-16)26(28,29)30/h1-2,4-9,12,14-15H,3,11,13H2,(H,32,33). The van der Waals surface area contributed by atoms with E-state index in [2.05, 4.69) is 5.32 Å². The van der Waals surface area contributed by atoms with Crippen molar-refractivity contribution >= 4 is 16.9 Å². The first-order chi connectivity index (χ1) is 16.3. The lowest BCUT2D eigenvalue weighted by Gasteiger charge is -2.08. The molecule has 0 fully saturated rings. The highest BCUT2D eigenvalue weighted by molar-refractivity contribution is 5.98. The lowest BCUT2D eigenvalue weighted by atomic mass is 10.0. The summed E-state index contributed by atoms with van der Waals surface area (Å²) in [7, 11) is 0. The van der Waals surface area contributed by atoms with Crippen molar-refractivity contribution in [2.45, 2.75) is 19.0 Å². The van der Waals surface area contributed by atoms with Gasteiger partial charge in [0, 0.05) is 24.1 Å². The maximum atomic E-state index is 14.5. The van der Waals surface area contributed by atoms with Crippen molar-refractivity contribution in [2.24, 2.45) is 0 Å². The molecule has 0 spiro atoms. The second-order valence-corrected chi connectivity index (χ2v) is 7.67. The van der Waals surface area contributed by atoms with Crippen LogP contribution in [0.15, 0.2) is 71.1 Å². The molecule has 0 aliphatic carbocycles. The molecule has 4 nitrogen and oxygen atoms in total. The monoisotopic (exact) mass is 466 g/mol. The smallest absolute Gasteiger partial charge is 0.416 e. The third-order valence-corrected chi connectivity index (χ3v) is 5.27. The van der Waals surface area contributed by atoms with Crippen LogP contribution in [0.2, 0.25) is 0 Å². The van der Waals surface area contributed by atoms with Crippen LogP contribution in [0, 0.1) is 17.1 Å². The molecule has 0 saturated carbocycles. The number of carbonyl (C=O) groups is 1. The predicted molar refractivity (Wildman–Crippen MR) is 118 cm³/mol. The largest absolute Gasteiger partial charge is 0.460 e. The van der Waals surface area contributed by atoms with Crippen LogP contribution in [-0.2, 0) is 12.6 Å². The molecule has 1 heterocycles. The Morgan fingerprint density at radius 3 is 2.59 bits per heavy atom. The number of nitrogens with zero attached hydrogens (tertiary/aromatic N) is 1. The molecular weight excluding hydrogens is 448 g/mol. The highest BCUT2D eigenvalue weighted by Crippen LogP contribution is 2.35. The van der Waals surface area contributed by atoms with Gasteiger partial charge in [-0.3, -0.25) is 4.79 Å². The summed E-state index contributed by atoms with van der Waals surface area (Å²) in [5, 5.41) is 11.5. The Bertz CT molecular complexity index is 1400. The zero-order chi connectivity index (χ0) is 24.3. The van der Waals surface area contributed by atoms with Crippen molar-refractivity contribution in [3.05, 3.63) is 95.0 Å². The molecule has 0 unspecified atom stereocenters. The number of amides is 1. The van der Waals surface area contributed by atoms with Gasteiger partial charge in [0.05, 0.1) is 23.4 Å². The highest BCUT2D eigenvalue weighted by atomic mass is 19.4. The molecule has 34 heavy (non-hydrogen) atoms. The van der Waals surface area contributed by atoms with Crippen molar-refractivity contribution < 1.29 is 26.8 Å². The minimum absolute atomic E-state index is 0.0544. The maximum absolute atomic E-state index is 14.5. The zero-order valence-electron chi connectivity index (χ0n) is 17.7. The number of hydrogen-bond acceptors (Lipinski definition) is 3. The van der Waals surface area contributed by atoms with Crippen molar-refractivity contribution in [3.63, 3.8) is 0 Å². The molecule has 0 saturated heterocycles. The molecule has 1 N–H and O–H groups in total. The Kier molecular flexibility index (Phi) is 6.37. The van der Waals surface area contributed by atoms with Crippen LogP contribution in [-0.4, -0.2) is 12.5 Å². The van der Waals surface area contributed by atoms with E-state index >= 15 is 0 Å². The fourth-order valence-electron chi connectivity index (χ4n) is 3.68. The topological polar surface area (TPSA) is 66.0 Å². The van der Waals surface area contributed by atoms with E-state index in [9.17, 15) is 22.4 Å². The molecule has 172 valence electrons. The van der Waals surface area contributed by atoms with Gasteiger partial charge in [-0.2, -0.15) is 18.4 Å². The number of benzene rings is 3. The van der Waals surface area contributed by atoms with Crippen molar-refractivity contribution in [3.8, 4) is 17.2 Å². The summed E-state index contributed by atoms with van der Waals surface area (Å²) in [4.78, 5) is 12.3. The first-order valence-electron chi connectivity index (χ1n) is 10.4. The number of alkyl halides is 3. The van der Waals surface area contributed by atoms with Crippen LogP contribution < -0.4 is 5.32 Å². The molecule has 3 aromatic carbocycles. The number of hydrogen-bond donors (Lipinski definition) is 1. The van der Waals surface area contributed by atoms with Crippen LogP contribution in [0.1, 0.15) is 33.7 Å². The van der Waals surface area contributed by atoms with Gasteiger partial charge in [0.2, 0.25) is 0 Å². The van der Waals surface area contributed by atoms with Gasteiger partial charge in [0.25, 0.3) is 5.91 Å². The summed E-state index contributed by atoms with van der Waals surface area (Å²) in [5.41, 5.74) is 1.37. The molecule has 0 bridgehead atoms. The number of fused-ring (bicyclic) bond motifs is 1. The van der Waals surface area contributed by atoms with E-state index in [0.29, 0.717) is 28.0 Å². The van der Waals surface area contributed by atoms with Gasteiger partial charge in [-0.1, -0.05) is 30.3 Å². The summed E-state index contributed by atoms with van der Waals surface area (Å²) >= 11 is 0. The average Bonchev–Trinajstić information content (AvgIpc) is 3.23. The molecular formula is C26H18F4N2O2. The fraction of sp³-hybridized carbons (Fsp3) is 0.154. The van der Waals surface area contributed by atoms with Gasteiger partial charge in [-0.25, -0.2) is 4.39 Å². The molecule has 4 aromatic rings. The SMILES string of the molecule is N#CCCNC(=O)c1cccc(-c2ccc(F)c3cc(Cc4cccc(C(F)(F)F)c4)oc23)c1. The van der Waals surface area contributed by atoms with Crippen LogP contribution in [0.5, 0.6) is 0 Å². The fourth-order valence-corrected chi connectivity index (χ4v) is 3.68. The molecule has 0 aliphatic heterocycles. The molecule has 0 radical (unpaired) electrons. The van der Waals surface area contributed by atoms with Gasteiger partial charge < -0.3 is 9.73 Å². The first-order valence-corrected chi connectivity index (χ1v) is 10.4. The van der Waals surface area contributed by atoms with Gasteiger partial charge in [0.1, 0.15) is 17.2 Å². The number of furan rings is 1. The van der Waals surface area contributed by atoms with Gasteiger partial charge in [-0.05, 0) is 47.5 Å². The molecule has 1 aromatic heterocycles.